The summed E-state index contributed by atoms with van der Waals surface area (Å²) in [6.45, 7) is 5.68. The summed E-state index contributed by atoms with van der Waals surface area (Å²) < 4.78 is 24.0. The maximum absolute atomic E-state index is 13.8. The van der Waals surface area contributed by atoms with E-state index in [4.69, 9.17) is 9.47 Å². The van der Waals surface area contributed by atoms with Crippen molar-refractivity contribution in [3.8, 4) is 0 Å². The Labute approximate surface area is 259 Å². The molecule has 3 N–H and O–H groups in total. The van der Waals surface area contributed by atoms with Gasteiger partial charge in [0.05, 0.1) is 7.11 Å². The van der Waals surface area contributed by atoms with Crippen molar-refractivity contribution < 1.29 is 38.1 Å². The largest absolute Gasteiger partial charge is 0.467 e. The van der Waals surface area contributed by atoms with Crippen molar-refractivity contribution in [1.29, 1.82) is 0 Å². The summed E-state index contributed by atoms with van der Waals surface area (Å²) in [5, 5.41) is 5.29. The molecule has 240 valence electrons. The standard InChI is InChI=1S/C32H44N3O8P/c1-22(2)18-26(31(38)42-4)33-29(36)27-16-11-17-35(27)30(37)23(3)21-44(40,41)28(19-24-12-7-5-8-13-24)34-32(39)43-20-25-14-9-6-10-15-25/h5-10,12-15,22-23,26-28H,11,16-21H2,1-4H3,(H,33,36)(H,34,39)(H,40,41)/t23?,26-,27-,28+/m0/s1. The van der Waals surface area contributed by atoms with Gasteiger partial charge in [-0.1, -0.05) is 81.4 Å². The number of rotatable bonds is 14. The lowest BCUT2D eigenvalue weighted by atomic mass is 10.0. The van der Waals surface area contributed by atoms with Gasteiger partial charge in [0.2, 0.25) is 19.2 Å². The molecule has 1 aliphatic rings. The Kier molecular flexibility index (Phi) is 13.0. The van der Waals surface area contributed by atoms with Crippen LogP contribution in [0.4, 0.5) is 4.79 Å². The van der Waals surface area contributed by atoms with E-state index in [1.165, 1.54) is 12.0 Å². The number of benzene rings is 2. The predicted molar refractivity (Wildman–Crippen MR) is 166 cm³/mol. The summed E-state index contributed by atoms with van der Waals surface area (Å²) >= 11 is 0. The smallest absolute Gasteiger partial charge is 0.408 e. The summed E-state index contributed by atoms with van der Waals surface area (Å²) in [5.74, 6) is -3.48. The molecule has 11 nitrogen and oxygen atoms in total. The molecule has 3 rings (SSSR count). The van der Waals surface area contributed by atoms with Gasteiger partial charge < -0.3 is 29.9 Å². The van der Waals surface area contributed by atoms with Crippen molar-refractivity contribution in [2.75, 3.05) is 19.8 Å². The highest BCUT2D eigenvalue weighted by Crippen LogP contribution is 2.48. The number of amides is 3. The Morgan fingerprint density at radius 3 is 2.18 bits per heavy atom. The minimum Gasteiger partial charge on any atom is -0.467 e. The van der Waals surface area contributed by atoms with Crippen molar-refractivity contribution in [3.63, 3.8) is 0 Å². The monoisotopic (exact) mass is 629 g/mol. The van der Waals surface area contributed by atoms with Crippen LogP contribution in [0.25, 0.3) is 0 Å². The number of likely N-dealkylation sites (tertiary alicyclic amines) is 1. The first-order valence-electron chi connectivity index (χ1n) is 14.9. The lowest BCUT2D eigenvalue weighted by molar-refractivity contribution is -0.147. The summed E-state index contributed by atoms with van der Waals surface area (Å²) in [5.41, 5.74) is 1.49. The second kappa shape index (κ2) is 16.4. The van der Waals surface area contributed by atoms with Crippen LogP contribution >= 0.6 is 7.37 Å². The van der Waals surface area contributed by atoms with Gasteiger partial charge in [0.25, 0.3) is 0 Å². The molecule has 2 aromatic carbocycles. The van der Waals surface area contributed by atoms with E-state index >= 15 is 0 Å². The molecule has 44 heavy (non-hydrogen) atoms. The van der Waals surface area contributed by atoms with Crippen molar-refractivity contribution in [1.82, 2.24) is 15.5 Å². The molecule has 3 amide bonds. The van der Waals surface area contributed by atoms with Gasteiger partial charge in [0.15, 0.2) is 0 Å². The molecule has 0 spiro atoms. The summed E-state index contributed by atoms with van der Waals surface area (Å²) in [4.78, 5) is 64.4. The normalized spacial score (nSPS) is 18.0. The van der Waals surface area contributed by atoms with Gasteiger partial charge in [-0.2, -0.15) is 0 Å². The van der Waals surface area contributed by atoms with Crippen LogP contribution < -0.4 is 10.6 Å². The molecule has 2 unspecified atom stereocenters. The zero-order chi connectivity index (χ0) is 32.3. The van der Waals surface area contributed by atoms with Crippen LogP contribution in [0.1, 0.15) is 51.2 Å². The quantitative estimate of drug-likeness (QED) is 0.209. The maximum atomic E-state index is 13.8. The molecule has 1 aliphatic heterocycles. The fraction of sp³-hybridized carbons (Fsp3) is 0.500. The lowest BCUT2D eigenvalue weighted by Crippen LogP contribution is -2.52. The fourth-order valence-electron chi connectivity index (χ4n) is 5.31. The van der Waals surface area contributed by atoms with Crippen molar-refractivity contribution in [3.05, 3.63) is 71.8 Å². The molecule has 5 atom stereocenters. The zero-order valence-corrected chi connectivity index (χ0v) is 26.7. The minimum atomic E-state index is -4.19. The molecule has 0 saturated carbocycles. The molecule has 0 bridgehead atoms. The first-order valence-corrected chi connectivity index (χ1v) is 16.8. The average Bonchev–Trinajstić information content (AvgIpc) is 3.49. The van der Waals surface area contributed by atoms with E-state index in [0.29, 0.717) is 25.8 Å². The number of nitrogens with one attached hydrogen (secondary N) is 2. The Bertz CT molecular complexity index is 1310. The Morgan fingerprint density at radius 1 is 0.977 bits per heavy atom. The third kappa shape index (κ3) is 10.2. The molecular formula is C32H44N3O8P. The number of nitrogens with zero attached hydrogens (tertiary/aromatic N) is 1. The van der Waals surface area contributed by atoms with Crippen LogP contribution in [0.15, 0.2) is 60.7 Å². The Balaban J connectivity index is 1.70. The molecule has 0 aliphatic carbocycles. The summed E-state index contributed by atoms with van der Waals surface area (Å²) in [6.07, 6.45) is 0.155. The second-order valence-corrected chi connectivity index (χ2v) is 14.2. The van der Waals surface area contributed by atoms with E-state index < -0.39 is 61.2 Å². The number of alkyl carbamates (subject to hydrolysis) is 1. The van der Waals surface area contributed by atoms with Gasteiger partial charge >= 0.3 is 12.1 Å². The van der Waals surface area contributed by atoms with Gasteiger partial charge in [-0.05, 0) is 36.3 Å². The highest BCUT2D eigenvalue weighted by atomic mass is 31.2. The van der Waals surface area contributed by atoms with Crippen LogP contribution in [-0.2, 0) is 41.5 Å². The number of carbonyl (C=O) groups excluding carboxylic acids is 4. The first kappa shape index (κ1) is 34.8. The van der Waals surface area contributed by atoms with E-state index in [1.807, 2.05) is 38.1 Å². The molecule has 1 fully saturated rings. The second-order valence-electron chi connectivity index (χ2n) is 11.7. The SMILES string of the molecule is COC(=O)[C@H](CC(C)C)NC(=O)[C@@H]1CCCN1C(=O)C(C)CP(=O)(O)[C@H](Cc1ccccc1)NC(=O)OCc1ccccc1. The van der Waals surface area contributed by atoms with Crippen molar-refractivity contribution >= 4 is 31.2 Å². The third-order valence-electron chi connectivity index (χ3n) is 7.56. The first-order chi connectivity index (χ1) is 20.9. The van der Waals surface area contributed by atoms with Crippen LogP contribution in [0.3, 0.4) is 0 Å². The molecule has 0 aromatic heterocycles. The fourth-order valence-corrected chi connectivity index (χ4v) is 7.31. The number of hydrogen-bond acceptors (Lipinski definition) is 7. The molecule has 1 heterocycles. The van der Waals surface area contributed by atoms with E-state index in [9.17, 15) is 28.6 Å². The van der Waals surface area contributed by atoms with E-state index in [0.717, 1.165) is 11.1 Å². The minimum absolute atomic E-state index is 0.0121. The van der Waals surface area contributed by atoms with Crippen molar-refractivity contribution in [2.24, 2.45) is 11.8 Å². The average molecular weight is 630 g/mol. The summed E-state index contributed by atoms with van der Waals surface area (Å²) in [7, 11) is -2.93. The van der Waals surface area contributed by atoms with E-state index in [2.05, 4.69) is 10.6 Å². The molecule has 2 aromatic rings. The summed E-state index contributed by atoms with van der Waals surface area (Å²) in [6, 6.07) is 16.4. The van der Waals surface area contributed by atoms with E-state index in [-0.39, 0.29) is 18.9 Å². The van der Waals surface area contributed by atoms with Crippen molar-refractivity contribution in [2.45, 2.75) is 70.9 Å². The topological polar surface area (TPSA) is 151 Å². The highest BCUT2D eigenvalue weighted by molar-refractivity contribution is 7.58. The highest BCUT2D eigenvalue weighted by Gasteiger charge is 2.41. The number of esters is 1. The van der Waals surface area contributed by atoms with Gasteiger partial charge in [-0.25, -0.2) is 9.59 Å². The number of ether oxygens (including phenoxy) is 2. The zero-order valence-electron chi connectivity index (χ0n) is 25.8. The molecule has 12 heteroatoms. The molecule has 0 radical (unpaired) electrons. The number of methoxy groups -OCH3 is 1. The Hall–Kier alpha value is -3.69. The molecule has 1 saturated heterocycles. The van der Waals surface area contributed by atoms with Crippen LogP contribution in [0, 0.1) is 11.8 Å². The number of carbonyl (C=O) groups is 4. The molecular weight excluding hydrogens is 585 g/mol. The number of hydrogen-bond donors (Lipinski definition) is 3. The van der Waals surface area contributed by atoms with Crippen LogP contribution in [0.5, 0.6) is 0 Å². The maximum Gasteiger partial charge on any atom is 0.408 e. The third-order valence-corrected chi connectivity index (χ3v) is 9.92. The van der Waals surface area contributed by atoms with Gasteiger partial charge in [-0.15, -0.1) is 0 Å². The van der Waals surface area contributed by atoms with Gasteiger partial charge in [0.1, 0.15) is 24.5 Å². The van der Waals surface area contributed by atoms with E-state index in [1.54, 1.807) is 43.3 Å². The van der Waals surface area contributed by atoms with Gasteiger partial charge in [0, 0.05) is 25.0 Å². The predicted octanol–water partition coefficient (Wildman–Crippen LogP) is 4.08. The van der Waals surface area contributed by atoms with Crippen LogP contribution in [-0.4, -0.2) is 71.4 Å². The Morgan fingerprint density at radius 2 is 1.59 bits per heavy atom. The van der Waals surface area contributed by atoms with Gasteiger partial charge in [-0.3, -0.25) is 14.2 Å². The van der Waals surface area contributed by atoms with Crippen LogP contribution in [0.2, 0.25) is 0 Å². The lowest BCUT2D eigenvalue weighted by Gasteiger charge is -2.30.